The summed E-state index contributed by atoms with van der Waals surface area (Å²) in [4.78, 5) is 11.2. The highest BCUT2D eigenvalue weighted by molar-refractivity contribution is 7.89. The Morgan fingerprint density at radius 1 is 1.38 bits per heavy atom. The van der Waals surface area contributed by atoms with Gasteiger partial charge in [-0.05, 0) is 24.8 Å². The van der Waals surface area contributed by atoms with Gasteiger partial charge in [0.2, 0.25) is 10.0 Å². The van der Waals surface area contributed by atoms with Crippen molar-refractivity contribution in [2.24, 2.45) is 11.1 Å². The van der Waals surface area contributed by atoms with Crippen molar-refractivity contribution in [2.75, 3.05) is 6.54 Å². The molecule has 116 valence electrons. The highest BCUT2D eigenvalue weighted by Crippen LogP contribution is 2.34. The number of rotatable bonds is 4. The maximum absolute atomic E-state index is 13.7. The van der Waals surface area contributed by atoms with E-state index in [0.717, 1.165) is 25.3 Å². The first-order valence-corrected chi connectivity index (χ1v) is 8.50. The molecule has 0 heterocycles. The van der Waals surface area contributed by atoms with Crippen LogP contribution in [0.3, 0.4) is 0 Å². The van der Waals surface area contributed by atoms with Gasteiger partial charge in [-0.2, -0.15) is 0 Å². The second kappa shape index (κ2) is 6.08. The van der Waals surface area contributed by atoms with Crippen molar-refractivity contribution in [3.05, 3.63) is 27.5 Å². The smallest absolute Gasteiger partial charge is 0.252 e. The second-order valence-electron chi connectivity index (χ2n) is 4.92. The molecule has 0 aliphatic heterocycles. The van der Waals surface area contributed by atoms with Gasteiger partial charge in [-0.3, -0.25) is 4.79 Å². The first kappa shape index (κ1) is 16.5. The van der Waals surface area contributed by atoms with Gasteiger partial charge in [0.1, 0.15) is 10.7 Å². The van der Waals surface area contributed by atoms with E-state index >= 15 is 0 Å². The molecule has 0 radical (unpaired) electrons. The van der Waals surface area contributed by atoms with Gasteiger partial charge >= 0.3 is 0 Å². The zero-order chi connectivity index (χ0) is 15.8. The largest absolute Gasteiger partial charge is 0.352 e. The van der Waals surface area contributed by atoms with Crippen molar-refractivity contribution in [1.82, 2.24) is 5.32 Å². The minimum Gasteiger partial charge on any atom is -0.352 e. The summed E-state index contributed by atoms with van der Waals surface area (Å²) in [6.07, 6.45) is 3.16. The Balaban J connectivity index is 2.35. The van der Waals surface area contributed by atoms with Gasteiger partial charge in [0.25, 0.3) is 5.91 Å². The van der Waals surface area contributed by atoms with Crippen molar-refractivity contribution in [3.8, 4) is 0 Å². The molecule has 2 rings (SSSR count). The van der Waals surface area contributed by atoms with E-state index in [0.29, 0.717) is 12.5 Å². The topological polar surface area (TPSA) is 89.3 Å². The van der Waals surface area contributed by atoms with E-state index in [2.05, 4.69) is 5.32 Å². The molecule has 1 fully saturated rings. The van der Waals surface area contributed by atoms with E-state index in [1.54, 1.807) is 0 Å². The van der Waals surface area contributed by atoms with Gasteiger partial charge in [0.05, 0.1) is 15.6 Å². The van der Waals surface area contributed by atoms with Gasteiger partial charge < -0.3 is 5.32 Å². The highest BCUT2D eigenvalue weighted by atomic mass is 35.5. The maximum Gasteiger partial charge on any atom is 0.252 e. The van der Waals surface area contributed by atoms with Crippen molar-refractivity contribution in [3.63, 3.8) is 0 Å². The van der Waals surface area contributed by atoms with Gasteiger partial charge in [0, 0.05) is 6.54 Å². The monoisotopic (exact) mass is 354 g/mol. The summed E-state index contributed by atoms with van der Waals surface area (Å²) in [5, 5.41) is 6.35. The molecule has 3 N–H and O–H groups in total. The lowest BCUT2D eigenvalue weighted by molar-refractivity contribution is 0.0938. The van der Waals surface area contributed by atoms with Crippen LogP contribution in [0.5, 0.6) is 0 Å². The summed E-state index contributed by atoms with van der Waals surface area (Å²) >= 11 is 11.4. The van der Waals surface area contributed by atoms with Crippen molar-refractivity contribution >= 4 is 39.1 Å². The van der Waals surface area contributed by atoms with Crippen LogP contribution in [0.4, 0.5) is 4.39 Å². The number of hydrogen-bond donors (Lipinski definition) is 2. The Bertz CT molecular complexity index is 690. The molecule has 21 heavy (non-hydrogen) atoms. The molecular formula is C12H13Cl2FN2O3S. The summed E-state index contributed by atoms with van der Waals surface area (Å²) in [6, 6.07) is 0.801. The van der Waals surface area contributed by atoms with Crippen LogP contribution < -0.4 is 10.5 Å². The fourth-order valence-electron chi connectivity index (χ4n) is 2.02. The summed E-state index contributed by atoms with van der Waals surface area (Å²) in [5.74, 6) is -1.34. The first-order chi connectivity index (χ1) is 9.71. The zero-order valence-electron chi connectivity index (χ0n) is 10.8. The van der Waals surface area contributed by atoms with Crippen LogP contribution in [-0.4, -0.2) is 20.9 Å². The molecule has 1 saturated carbocycles. The molecule has 5 nitrogen and oxygen atoms in total. The Hall–Kier alpha value is -0.890. The van der Waals surface area contributed by atoms with E-state index < -0.39 is 36.7 Å². The van der Waals surface area contributed by atoms with Crippen LogP contribution in [0.25, 0.3) is 0 Å². The van der Waals surface area contributed by atoms with E-state index in [1.165, 1.54) is 0 Å². The Morgan fingerprint density at radius 3 is 2.48 bits per heavy atom. The number of halogens is 3. The molecular weight excluding hydrogens is 342 g/mol. The average Bonchev–Trinajstić information content (AvgIpc) is 2.30. The van der Waals surface area contributed by atoms with Gasteiger partial charge in [-0.1, -0.05) is 29.6 Å². The lowest BCUT2D eigenvalue weighted by Crippen LogP contribution is -2.32. The number of sulfonamides is 1. The number of carbonyl (C=O) groups excluding carboxylic acids is 1. The highest BCUT2D eigenvalue weighted by Gasteiger charge is 2.27. The summed E-state index contributed by atoms with van der Waals surface area (Å²) < 4.78 is 36.6. The number of benzene rings is 1. The predicted octanol–water partition coefficient (Wildman–Crippen LogP) is 2.31. The molecule has 1 aromatic carbocycles. The second-order valence-corrected chi connectivity index (χ2v) is 7.17. The van der Waals surface area contributed by atoms with E-state index in [4.69, 9.17) is 28.3 Å². The van der Waals surface area contributed by atoms with Crippen molar-refractivity contribution in [2.45, 2.75) is 24.2 Å². The molecule has 1 aliphatic rings. The normalized spacial score (nSPS) is 15.6. The lowest BCUT2D eigenvalue weighted by atomic mass is 9.85. The standard InChI is InChI=1S/C12H13Cl2FN2O3S/c13-9-7(12(18)17-5-6-2-1-3-6)4-8(15)10(14)11(9)21(16,19)20/h4,6H,1-3,5H2,(H,17,18)(H2,16,19,20). The Morgan fingerprint density at radius 2 is 2.00 bits per heavy atom. The third-order valence-electron chi connectivity index (χ3n) is 3.42. The fraction of sp³-hybridized carbons (Fsp3) is 0.417. The fourth-order valence-corrected chi connectivity index (χ4v) is 3.81. The number of carbonyl (C=O) groups is 1. The quantitative estimate of drug-likeness (QED) is 0.813. The SMILES string of the molecule is NS(=O)(=O)c1c(Cl)c(F)cc(C(=O)NCC2CCC2)c1Cl. The molecule has 0 atom stereocenters. The summed E-state index contributed by atoms with van der Waals surface area (Å²) in [5.41, 5.74) is -0.304. The zero-order valence-corrected chi connectivity index (χ0v) is 13.2. The van der Waals surface area contributed by atoms with Crippen LogP contribution in [0.2, 0.25) is 10.0 Å². The van der Waals surface area contributed by atoms with Crippen molar-refractivity contribution in [1.29, 1.82) is 0 Å². The minimum atomic E-state index is -4.35. The number of nitrogens with one attached hydrogen (secondary N) is 1. The first-order valence-electron chi connectivity index (χ1n) is 6.20. The summed E-state index contributed by atoms with van der Waals surface area (Å²) in [6.45, 7) is 0.435. The Labute approximate surface area is 131 Å². The van der Waals surface area contributed by atoms with Crippen LogP contribution in [-0.2, 0) is 10.0 Å². The van der Waals surface area contributed by atoms with E-state index in [-0.39, 0.29) is 5.56 Å². The number of amides is 1. The third-order valence-corrected chi connectivity index (χ3v) is 5.38. The predicted molar refractivity (Wildman–Crippen MR) is 77.5 cm³/mol. The van der Waals surface area contributed by atoms with E-state index in [1.807, 2.05) is 0 Å². The molecule has 0 bridgehead atoms. The third kappa shape index (κ3) is 3.48. The molecule has 0 unspecified atom stereocenters. The number of nitrogens with two attached hydrogens (primary N) is 1. The molecule has 1 amide bonds. The minimum absolute atomic E-state index is 0.304. The average molecular weight is 355 g/mol. The van der Waals surface area contributed by atoms with Crippen LogP contribution >= 0.6 is 23.2 Å². The molecule has 1 aliphatic carbocycles. The lowest BCUT2D eigenvalue weighted by Gasteiger charge is -2.25. The van der Waals surface area contributed by atoms with Crippen LogP contribution in [0, 0.1) is 11.7 Å². The number of primary sulfonamides is 1. The molecule has 9 heteroatoms. The van der Waals surface area contributed by atoms with Crippen molar-refractivity contribution < 1.29 is 17.6 Å². The summed E-state index contributed by atoms with van der Waals surface area (Å²) in [7, 11) is -4.35. The molecule has 0 spiro atoms. The molecule has 0 saturated heterocycles. The maximum atomic E-state index is 13.7. The van der Waals surface area contributed by atoms with E-state index in [9.17, 15) is 17.6 Å². The van der Waals surface area contributed by atoms with Gasteiger partial charge in [-0.15, -0.1) is 0 Å². The van der Waals surface area contributed by atoms with Gasteiger partial charge in [0.15, 0.2) is 0 Å². The molecule has 1 aromatic rings. The van der Waals surface area contributed by atoms with Gasteiger partial charge in [-0.25, -0.2) is 17.9 Å². The Kier molecular flexibility index (Phi) is 4.77. The molecule has 0 aromatic heterocycles. The number of hydrogen-bond acceptors (Lipinski definition) is 3. The van der Waals surface area contributed by atoms with Crippen LogP contribution in [0.15, 0.2) is 11.0 Å². The van der Waals surface area contributed by atoms with Crippen LogP contribution in [0.1, 0.15) is 29.6 Å².